The van der Waals surface area contributed by atoms with E-state index in [0.717, 1.165) is 143 Å². The van der Waals surface area contributed by atoms with Gasteiger partial charge in [0.25, 0.3) is 0 Å². The van der Waals surface area contributed by atoms with Crippen LogP contribution in [-0.2, 0) is 13.1 Å². The largest absolute Gasteiger partial charge is 0.493 e. The van der Waals surface area contributed by atoms with Crippen LogP contribution >= 0.6 is 0 Å². The Morgan fingerprint density at radius 2 is 0.950 bits per heavy atom. The first kappa shape index (κ1) is 38.6. The summed E-state index contributed by atoms with van der Waals surface area (Å²) >= 11 is 0. The highest BCUT2D eigenvalue weighted by molar-refractivity contribution is 5.95. The lowest BCUT2D eigenvalue weighted by Gasteiger charge is -2.13. The summed E-state index contributed by atoms with van der Waals surface area (Å²) in [7, 11) is 0. The topological polar surface area (TPSA) is 111 Å². The van der Waals surface area contributed by atoms with Crippen LogP contribution in [0.1, 0.15) is 74.1 Å². The molecule has 2 aromatic carbocycles. The summed E-state index contributed by atoms with van der Waals surface area (Å²) in [6.45, 7) is 3.29. The van der Waals surface area contributed by atoms with Crippen molar-refractivity contribution < 1.29 is 9.47 Å². The van der Waals surface area contributed by atoms with Crippen LogP contribution < -0.4 is 9.47 Å². The monoisotopic (exact) mass is 794 g/mol. The summed E-state index contributed by atoms with van der Waals surface area (Å²) in [6.07, 6.45) is 28.6. The fraction of sp³-hybridized carbons (Fsp3) is 0.240. The maximum Gasteiger partial charge on any atom is 0.127 e. The molecule has 2 N–H and O–H groups in total. The second-order valence-corrected chi connectivity index (χ2v) is 15.3. The van der Waals surface area contributed by atoms with E-state index in [1.165, 1.54) is 0 Å². The molecule has 10 heteroatoms. The first-order valence-corrected chi connectivity index (χ1v) is 21.2. The summed E-state index contributed by atoms with van der Waals surface area (Å²) < 4.78 is 17.3. The van der Waals surface area contributed by atoms with E-state index >= 15 is 0 Å². The highest BCUT2D eigenvalue weighted by Gasteiger charge is 2.17. The van der Waals surface area contributed by atoms with Crippen molar-refractivity contribution in [3.8, 4) is 33.8 Å². The molecule has 0 fully saturated rings. The van der Waals surface area contributed by atoms with Crippen molar-refractivity contribution in [1.29, 1.82) is 0 Å². The van der Waals surface area contributed by atoms with Crippen LogP contribution in [0.5, 0.6) is 11.5 Å². The van der Waals surface area contributed by atoms with Crippen LogP contribution in [0.3, 0.4) is 0 Å². The molecule has 302 valence electrons. The third-order valence-corrected chi connectivity index (χ3v) is 11.0. The molecule has 0 saturated heterocycles. The van der Waals surface area contributed by atoms with Gasteiger partial charge in [-0.15, -0.1) is 0 Å². The zero-order valence-corrected chi connectivity index (χ0v) is 33.8. The van der Waals surface area contributed by atoms with Crippen molar-refractivity contribution in [2.75, 3.05) is 13.2 Å². The highest BCUT2D eigenvalue weighted by atomic mass is 16.5. The number of aryl methyl sites for hydroxylation is 2. The van der Waals surface area contributed by atoms with Crippen LogP contribution in [0.4, 0.5) is 0 Å². The van der Waals surface area contributed by atoms with Gasteiger partial charge in [0.1, 0.15) is 11.5 Å². The van der Waals surface area contributed by atoms with E-state index in [0.29, 0.717) is 13.2 Å². The predicted octanol–water partition coefficient (Wildman–Crippen LogP) is 11.7. The average Bonchev–Trinajstić information content (AvgIpc) is 4.13. The molecule has 7 heterocycles. The normalized spacial score (nSPS) is 12.0. The number of aromatic nitrogens is 8. The first-order chi connectivity index (χ1) is 29.7. The maximum absolute atomic E-state index is 6.50. The third kappa shape index (κ3) is 9.34. The molecule has 2 aliphatic heterocycles. The fourth-order valence-electron chi connectivity index (χ4n) is 7.94. The minimum Gasteiger partial charge on any atom is -0.493 e. The Morgan fingerprint density at radius 1 is 0.483 bits per heavy atom. The number of H-pyrrole nitrogens is 2. The number of hydrogen-bond acceptors (Lipinski definition) is 6. The van der Waals surface area contributed by atoms with Crippen LogP contribution in [0.2, 0.25) is 0 Å². The summed E-state index contributed by atoms with van der Waals surface area (Å²) in [6, 6.07) is 29.2. The molecule has 0 radical (unpaired) electrons. The summed E-state index contributed by atoms with van der Waals surface area (Å²) in [5.41, 5.74) is 11.2. The van der Waals surface area contributed by atoms with Crippen molar-refractivity contribution in [2.24, 2.45) is 0 Å². The number of ether oxygens (including phenoxy) is 2. The quantitative estimate of drug-likeness (QED) is 0.0837. The second-order valence-electron chi connectivity index (χ2n) is 15.3. The number of nitrogens with one attached hydrogen (secondary N) is 2. The minimum absolute atomic E-state index is 0.649. The van der Waals surface area contributed by atoms with Crippen LogP contribution in [0, 0.1) is 0 Å². The van der Waals surface area contributed by atoms with Gasteiger partial charge in [0.05, 0.1) is 48.6 Å². The fourth-order valence-corrected chi connectivity index (χ4v) is 7.94. The Balaban J connectivity index is 1.00. The number of rotatable bonds is 18. The zero-order chi connectivity index (χ0) is 40.4. The maximum atomic E-state index is 6.50. The number of hydrogen-bond donors (Lipinski definition) is 2. The van der Waals surface area contributed by atoms with E-state index in [1.807, 2.05) is 49.6 Å². The van der Waals surface area contributed by atoms with Crippen molar-refractivity contribution in [1.82, 2.24) is 39.0 Å². The predicted molar refractivity (Wildman–Crippen MR) is 242 cm³/mol. The van der Waals surface area contributed by atoms with E-state index in [4.69, 9.17) is 19.4 Å². The summed E-state index contributed by atoms with van der Waals surface area (Å²) in [5, 5.41) is 0. The molecule has 2 aliphatic rings. The Morgan fingerprint density at radius 3 is 1.42 bits per heavy atom. The number of fused-ring (bicyclic) bond motifs is 8. The summed E-state index contributed by atoms with van der Waals surface area (Å²) in [4.78, 5) is 26.0. The molecule has 0 spiro atoms. The minimum atomic E-state index is 0.649. The van der Waals surface area contributed by atoms with Crippen molar-refractivity contribution in [3.63, 3.8) is 0 Å². The molecule has 8 bridgehead atoms. The van der Waals surface area contributed by atoms with Crippen molar-refractivity contribution in [3.05, 3.63) is 145 Å². The Labute approximate surface area is 350 Å². The van der Waals surface area contributed by atoms with E-state index in [9.17, 15) is 0 Å². The lowest BCUT2D eigenvalue weighted by Crippen LogP contribution is -2.00. The van der Waals surface area contributed by atoms with Gasteiger partial charge in [0, 0.05) is 82.2 Å². The Hall–Kier alpha value is -6.94. The number of nitrogens with zero attached hydrogens (tertiary/aromatic N) is 6. The van der Waals surface area contributed by atoms with Gasteiger partial charge < -0.3 is 28.6 Å². The van der Waals surface area contributed by atoms with E-state index in [2.05, 4.69) is 126 Å². The highest BCUT2D eigenvalue weighted by Crippen LogP contribution is 2.38. The molecule has 10 nitrogen and oxygen atoms in total. The van der Waals surface area contributed by atoms with Gasteiger partial charge in [-0.3, -0.25) is 0 Å². The molecule has 0 atom stereocenters. The van der Waals surface area contributed by atoms with E-state index in [1.54, 1.807) is 0 Å². The molecule has 60 heavy (non-hydrogen) atoms. The second kappa shape index (κ2) is 18.8. The third-order valence-electron chi connectivity index (χ3n) is 11.0. The number of imidazole rings is 2. The van der Waals surface area contributed by atoms with Gasteiger partial charge in [0.2, 0.25) is 0 Å². The van der Waals surface area contributed by atoms with E-state index in [-0.39, 0.29) is 0 Å². The van der Waals surface area contributed by atoms with Gasteiger partial charge >= 0.3 is 0 Å². The summed E-state index contributed by atoms with van der Waals surface area (Å²) in [5.74, 6) is 1.69. The van der Waals surface area contributed by atoms with Crippen molar-refractivity contribution >= 4 is 46.4 Å². The number of para-hydroxylation sites is 2. The van der Waals surface area contributed by atoms with Gasteiger partial charge in [-0.05, 0) is 98.5 Å². The van der Waals surface area contributed by atoms with Crippen LogP contribution in [0.15, 0.2) is 122 Å². The SMILES string of the molecule is C1=Cc2nc1cc1ccc([nH]1)c(-c1ccccc1OCCCCCCn1ccnc1)c1nc(cc3ccc([nH]3)c2-c2ccccc2OCCCCCCn2ccnc2)C=C1. The van der Waals surface area contributed by atoms with E-state index < -0.39 is 0 Å². The zero-order valence-electron chi connectivity index (χ0n) is 33.8. The molecular weight excluding hydrogens is 745 g/mol. The average molecular weight is 795 g/mol. The molecule has 9 rings (SSSR count). The molecule has 0 saturated carbocycles. The molecule has 7 aromatic rings. The lowest BCUT2D eigenvalue weighted by atomic mass is 10.0. The lowest BCUT2D eigenvalue weighted by molar-refractivity contribution is 0.305. The Bertz CT molecular complexity index is 2550. The Kier molecular flexibility index (Phi) is 12.1. The molecule has 0 amide bonds. The number of aromatic amines is 2. The molecule has 5 aromatic heterocycles. The molecule has 0 unspecified atom stereocenters. The molecular formula is C50H50N8O2. The van der Waals surface area contributed by atoms with Gasteiger partial charge in [-0.2, -0.15) is 0 Å². The van der Waals surface area contributed by atoms with Gasteiger partial charge in [-0.25, -0.2) is 19.9 Å². The van der Waals surface area contributed by atoms with Gasteiger partial charge in [-0.1, -0.05) is 62.1 Å². The standard InChI is InChI=1S/C50H50N8O2/c1(9-27-57-29-25-51-35-57)3-11-31-59-47-15-7-5-13-41(47)49-43-21-17-37(53-43)33-39-19-23-45(55-39)50(46-24-20-40(56-46)34-38-18-22-44(49)54-38)42-14-6-8-16-48(42)60-32-12-4-2-10-28-58-30-26-52-36-58/h5-8,13-26,29-30,33-36,53,56H,1-4,9-12,27-28,31-32H2. The smallest absolute Gasteiger partial charge is 0.127 e. The molecule has 0 aliphatic carbocycles. The van der Waals surface area contributed by atoms with Gasteiger partial charge in [0.15, 0.2) is 0 Å². The van der Waals surface area contributed by atoms with Crippen molar-refractivity contribution in [2.45, 2.75) is 64.5 Å². The first-order valence-electron chi connectivity index (χ1n) is 21.2. The van der Waals surface area contributed by atoms with Crippen LogP contribution in [-0.4, -0.2) is 52.3 Å². The van der Waals surface area contributed by atoms with Crippen LogP contribution in [0.25, 0.3) is 68.6 Å². The number of benzene rings is 2. The number of unbranched alkanes of at least 4 members (excludes halogenated alkanes) is 6.